The summed E-state index contributed by atoms with van der Waals surface area (Å²) in [6, 6.07) is 6.45. The second kappa shape index (κ2) is 7.46. The third kappa shape index (κ3) is 3.41. The molecule has 0 bridgehead atoms. The maximum Gasteiger partial charge on any atom is 0.123 e. The van der Waals surface area contributed by atoms with Gasteiger partial charge in [0.15, 0.2) is 0 Å². The smallest absolute Gasteiger partial charge is 0.123 e. The minimum Gasteiger partial charge on any atom is -0.507 e. The first kappa shape index (κ1) is 15.1. The molecule has 110 valence electrons. The normalized spacial score (nSPS) is 17.9. The van der Waals surface area contributed by atoms with Crippen molar-refractivity contribution in [2.45, 2.75) is 32.2 Å². The first-order chi connectivity index (χ1) is 9.77. The number of piperazine rings is 1. The van der Waals surface area contributed by atoms with E-state index in [0.717, 1.165) is 56.6 Å². The molecule has 3 heteroatoms. The Morgan fingerprint density at radius 3 is 2.80 bits per heavy atom. The predicted molar refractivity (Wildman–Crippen MR) is 84.1 cm³/mol. The zero-order valence-electron chi connectivity index (χ0n) is 12.4. The summed E-state index contributed by atoms with van der Waals surface area (Å²) in [6.45, 7) is 10.1. The molecule has 0 spiro atoms. The second-order valence-corrected chi connectivity index (χ2v) is 5.38. The molecule has 1 aromatic rings. The highest BCUT2D eigenvalue weighted by molar-refractivity contribution is 5.42. The Morgan fingerprint density at radius 2 is 2.15 bits per heavy atom. The van der Waals surface area contributed by atoms with Crippen molar-refractivity contribution < 1.29 is 5.11 Å². The first-order valence-corrected chi connectivity index (χ1v) is 7.64. The van der Waals surface area contributed by atoms with E-state index in [9.17, 15) is 5.11 Å². The van der Waals surface area contributed by atoms with Crippen LogP contribution in [0.4, 0.5) is 0 Å². The van der Waals surface area contributed by atoms with Gasteiger partial charge in [-0.1, -0.05) is 31.2 Å². The topological polar surface area (TPSA) is 35.5 Å². The highest BCUT2D eigenvalue weighted by Gasteiger charge is 2.24. The van der Waals surface area contributed by atoms with E-state index in [4.69, 9.17) is 0 Å². The Kier molecular flexibility index (Phi) is 5.62. The number of benzene rings is 1. The zero-order valence-corrected chi connectivity index (χ0v) is 12.4. The van der Waals surface area contributed by atoms with Gasteiger partial charge >= 0.3 is 0 Å². The zero-order chi connectivity index (χ0) is 14.4. The Labute approximate surface area is 122 Å². The van der Waals surface area contributed by atoms with Crippen molar-refractivity contribution >= 4 is 0 Å². The average molecular weight is 274 g/mol. The molecule has 2 rings (SSSR count). The third-order valence-corrected chi connectivity index (χ3v) is 4.13. The molecule has 0 radical (unpaired) electrons. The van der Waals surface area contributed by atoms with E-state index >= 15 is 0 Å². The van der Waals surface area contributed by atoms with E-state index in [1.807, 2.05) is 12.1 Å². The molecule has 0 saturated carbocycles. The SMILES string of the molecule is C=CCC[C@@H](c1cccc(CC)c1O)N1CCNCC1. The lowest BCUT2D eigenvalue weighted by atomic mass is 9.95. The van der Waals surface area contributed by atoms with Crippen LogP contribution in [0.1, 0.15) is 36.9 Å². The lowest BCUT2D eigenvalue weighted by molar-refractivity contribution is 0.163. The number of phenols is 1. The Balaban J connectivity index is 2.27. The molecule has 3 nitrogen and oxygen atoms in total. The number of nitrogens with one attached hydrogen (secondary N) is 1. The average Bonchev–Trinajstić information content (AvgIpc) is 2.50. The number of para-hydroxylation sites is 1. The van der Waals surface area contributed by atoms with Crippen LogP contribution in [0.2, 0.25) is 0 Å². The third-order valence-electron chi connectivity index (χ3n) is 4.13. The Morgan fingerprint density at radius 1 is 1.40 bits per heavy atom. The summed E-state index contributed by atoms with van der Waals surface area (Å²) < 4.78 is 0. The van der Waals surface area contributed by atoms with Gasteiger partial charge in [0.2, 0.25) is 0 Å². The number of hydrogen-bond acceptors (Lipinski definition) is 3. The van der Waals surface area contributed by atoms with Crippen molar-refractivity contribution in [3.8, 4) is 5.75 Å². The van der Waals surface area contributed by atoms with E-state index in [-0.39, 0.29) is 0 Å². The number of phenolic OH excluding ortho intramolecular Hbond substituents is 1. The van der Waals surface area contributed by atoms with Crippen LogP contribution < -0.4 is 5.32 Å². The van der Waals surface area contributed by atoms with E-state index in [0.29, 0.717) is 11.8 Å². The van der Waals surface area contributed by atoms with Crippen LogP contribution >= 0.6 is 0 Å². The van der Waals surface area contributed by atoms with Gasteiger partial charge in [0, 0.05) is 37.8 Å². The molecule has 1 heterocycles. The maximum atomic E-state index is 10.5. The Bertz CT molecular complexity index is 439. The van der Waals surface area contributed by atoms with Gasteiger partial charge in [-0.15, -0.1) is 6.58 Å². The van der Waals surface area contributed by atoms with E-state index in [2.05, 4.69) is 35.9 Å². The standard InChI is InChI=1S/C17H26N2O/c1-3-5-9-16(19-12-10-18-11-13-19)15-8-6-7-14(4-2)17(15)20/h3,6-8,16,18,20H,1,4-5,9-13H2,2H3/t16-/m0/s1. The molecule has 0 aliphatic carbocycles. The number of hydrogen-bond donors (Lipinski definition) is 2. The predicted octanol–water partition coefficient (Wildman–Crippen LogP) is 2.87. The molecule has 20 heavy (non-hydrogen) atoms. The maximum absolute atomic E-state index is 10.5. The minimum absolute atomic E-state index is 0.293. The number of aromatic hydroxyl groups is 1. The summed E-state index contributed by atoms with van der Waals surface area (Å²) >= 11 is 0. The fourth-order valence-electron chi connectivity index (χ4n) is 2.97. The summed E-state index contributed by atoms with van der Waals surface area (Å²) in [5, 5.41) is 13.9. The van der Waals surface area contributed by atoms with Gasteiger partial charge in [0.1, 0.15) is 5.75 Å². The van der Waals surface area contributed by atoms with Crippen molar-refractivity contribution in [1.29, 1.82) is 0 Å². The number of aryl methyl sites for hydroxylation is 1. The van der Waals surface area contributed by atoms with Crippen molar-refractivity contribution in [3.05, 3.63) is 42.0 Å². The van der Waals surface area contributed by atoms with E-state index < -0.39 is 0 Å². The van der Waals surface area contributed by atoms with Gasteiger partial charge < -0.3 is 10.4 Å². The molecule has 2 N–H and O–H groups in total. The number of nitrogens with zero attached hydrogens (tertiary/aromatic N) is 1. The fourth-order valence-corrected chi connectivity index (χ4v) is 2.97. The first-order valence-electron chi connectivity index (χ1n) is 7.64. The van der Waals surface area contributed by atoms with Crippen LogP contribution in [-0.4, -0.2) is 36.2 Å². The molecule has 1 fully saturated rings. The molecule has 0 amide bonds. The molecule has 1 atom stereocenters. The molecule has 1 aromatic carbocycles. The van der Waals surface area contributed by atoms with E-state index in [1.54, 1.807) is 0 Å². The van der Waals surface area contributed by atoms with Gasteiger partial charge in [-0.2, -0.15) is 0 Å². The van der Waals surface area contributed by atoms with Crippen LogP contribution in [0.25, 0.3) is 0 Å². The lowest BCUT2D eigenvalue weighted by Crippen LogP contribution is -2.45. The van der Waals surface area contributed by atoms with Crippen molar-refractivity contribution in [1.82, 2.24) is 10.2 Å². The summed E-state index contributed by atoms with van der Waals surface area (Å²) in [5.74, 6) is 0.489. The van der Waals surface area contributed by atoms with Crippen LogP contribution in [0.15, 0.2) is 30.9 Å². The van der Waals surface area contributed by atoms with Crippen LogP contribution in [-0.2, 0) is 6.42 Å². The van der Waals surface area contributed by atoms with Crippen LogP contribution in [0.5, 0.6) is 5.75 Å². The van der Waals surface area contributed by atoms with Gasteiger partial charge in [-0.25, -0.2) is 0 Å². The monoisotopic (exact) mass is 274 g/mol. The number of allylic oxidation sites excluding steroid dienone is 1. The summed E-state index contributed by atoms with van der Waals surface area (Å²) in [7, 11) is 0. The summed E-state index contributed by atoms with van der Waals surface area (Å²) in [6.07, 6.45) is 4.83. The second-order valence-electron chi connectivity index (χ2n) is 5.38. The lowest BCUT2D eigenvalue weighted by Gasteiger charge is -2.35. The van der Waals surface area contributed by atoms with Crippen molar-refractivity contribution in [3.63, 3.8) is 0 Å². The molecule has 0 aromatic heterocycles. The molecular formula is C17H26N2O. The highest BCUT2D eigenvalue weighted by atomic mass is 16.3. The van der Waals surface area contributed by atoms with E-state index in [1.165, 1.54) is 0 Å². The molecule has 1 aliphatic heterocycles. The van der Waals surface area contributed by atoms with Gasteiger partial charge in [0.05, 0.1) is 0 Å². The fraction of sp³-hybridized carbons (Fsp3) is 0.529. The van der Waals surface area contributed by atoms with Crippen LogP contribution in [0.3, 0.4) is 0 Å². The van der Waals surface area contributed by atoms with Gasteiger partial charge in [-0.3, -0.25) is 4.90 Å². The van der Waals surface area contributed by atoms with Gasteiger partial charge in [0.25, 0.3) is 0 Å². The van der Waals surface area contributed by atoms with Crippen molar-refractivity contribution in [2.24, 2.45) is 0 Å². The molecular weight excluding hydrogens is 248 g/mol. The van der Waals surface area contributed by atoms with Gasteiger partial charge in [-0.05, 0) is 24.8 Å². The number of rotatable bonds is 6. The summed E-state index contributed by atoms with van der Waals surface area (Å²) in [5.41, 5.74) is 2.12. The Hall–Kier alpha value is -1.32. The summed E-state index contributed by atoms with van der Waals surface area (Å²) in [4.78, 5) is 2.48. The quantitative estimate of drug-likeness (QED) is 0.783. The molecule has 1 saturated heterocycles. The van der Waals surface area contributed by atoms with Crippen LogP contribution in [0, 0.1) is 0 Å². The highest BCUT2D eigenvalue weighted by Crippen LogP contribution is 2.34. The molecule has 0 unspecified atom stereocenters. The largest absolute Gasteiger partial charge is 0.507 e. The van der Waals surface area contributed by atoms with Crippen molar-refractivity contribution in [2.75, 3.05) is 26.2 Å². The minimum atomic E-state index is 0.293. The molecule has 1 aliphatic rings.